The fourth-order valence-electron chi connectivity index (χ4n) is 0. The molecule has 0 aliphatic carbocycles. The van der Waals surface area contributed by atoms with Gasteiger partial charge < -0.3 is 0 Å². The van der Waals surface area contributed by atoms with Gasteiger partial charge >= 0.3 is 30.8 Å². The van der Waals surface area contributed by atoms with E-state index in [0.29, 0.717) is 0 Å². The molecule has 0 bridgehead atoms. The van der Waals surface area contributed by atoms with Crippen LogP contribution in [0.5, 0.6) is 0 Å². The number of azide groups is 1. The summed E-state index contributed by atoms with van der Waals surface area (Å²) in [6.07, 6.45) is 0. The standard InChI is InChI=1S/Fe.N3/c;1-3-2/q+1;-1. The molecular weight excluding hydrogens is 97.9 g/mol. The summed E-state index contributed by atoms with van der Waals surface area (Å²) >= 11 is 2.81. The van der Waals surface area contributed by atoms with Crippen molar-refractivity contribution in [2.75, 3.05) is 0 Å². The maximum atomic E-state index is 7.27. The van der Waals surface area contributed by atoms with Crippen LogP contribution >= 0.6 is 0 Å². The van der Waals surface area contributed by atoms with Gasteiger partial charge in [0.2, 0.25) is 0 Å². The molecule has 0 saturated heterocycles. The van der Waals surface area contributed by atoms with Crippen LogP contribution in [-0.2, 0) is 16.2 Å². The van der Waals surface area contributed by atoms with E-state index >= 15 is 0 Å². The zero-order valence-electron chi connectivity index (χ0n) is 1.70. The van der Waals surface area contributed by atoms with Crippen molar-refractivity contribution in [2.24, 2.45) is 4.13 Å². The number of hydrogen-bond donors (Lipinski definition) is 0. The molecule has 0 aliphatic heterocycles. The van der Waals surface area contributed by atoms with Crippen LogP contribution in [0.15, 0.2) is 4.13 Å². The third-order valence-electron chi connectivity index (χ3n) is 0.0316. The van der Waals surface area contributed by atoms with Gasteiger partial charge in [0.05, 0.1) is 0 Å². The minimum absolute atomic E-state index is 2.25. The van der Waals surface area contributed by atoms with Crippen molar-refractivity contribution < 1.29 is 16.2 Å². The van der Waals surface area contributed by atoms with Crippen LogP contribution in [0.4, 0.5) is 0 Å². The molecule has 0 heterocycles. The molecule has 4 heteroatoms. The second-order valence-electron chi connectivity index (χ2n) is 0.160. The number of nitrogens with zero attached hydrogens (tertiary/aromatic N) is 3. The Morgan fingerprint density at radius 2 is 2.25 bits per heavy atom. The van der Waals surface area contributed by atoms with Crippen molar-refractivity contribution in [3.8, 4) is 0 Å². The second-order valence-corrected chi connectivity index (χ2v) is 0.381. The van der Waals surface area contributed by atoms with Gasteiger partial charge in [0.1, 0.15) is 0 Å². The second kappa shape index (κ2) is 2.83. The van der Waals surface area contributed by atoms with Crippen molar-refractivity contribution in [2.45, 2.75) is 0 Å². The monoisotopic (exact) mass is 97.9 g/mol. The van der Waals surface area contributed by atoms with Gasteiger partial charge in [-0.15, -0.1) is 0 Å². The van der Waals surface area contributed by atoms with E-state index in [1.165, 1.54) is 0 Å². The Labute approximate surface area is 31.7 Å². The third-order valence-corrected chi connectivity index (χ3v) is 0.130. The van der Waals surface area contributed by atoms with Crippen LogP contribution < -0.4 is 0 Å². The van der Waals surface area contributed by atoms with Gasteiger partial charge in [-0.1, -0.05) is 0 Å². The van der Waals surface area contributed by atoms with E-state index in [0.717, 1.165) is 0 Å². The minimum atomic E-state index is 2.25. The van der Waals surface area contributed by atoms with Crippen LogP contribution in [-0.4, -0.2) is 0 Å². The van der Waals surface area contributed by atoms with Gasteiger partial charge in [0.15, 0.2) is 0 Å². The zero-order valence-corrected chi connectivity index (χ0v) is 2.80. The van der Waals surface area contributed by atoms with Gasteiger partial charge in [-0.25, -0.2) is 0 Å². The molecule has 0 saturated carbocycles. The summed E-state index contributed by atoms with van der Waals surface area (Å²) in [6, 6.07) is 0. The van der Waals surface area contributed by atoms with Gasteiger partial charge in [-0.2, -0.15) is 0 Å². The Balaban J connectivity index is 3.11. The summed E-state index contributed by atoms with van der Waals surface area (Å²) in [5.74, 6) is 0. The molecule has 0 aromatic heterocycles. The fraction of sp³-hybridized carbons (Fsp3) is 0. The Hall–Kier alpha value is -0.171. The maximum absolute atomic E-state index is 7.27. The Morgan fingerprint density at radius 1 is 2.00 bits per heavy atom. The Bertz CT molecular complexity index is 41.2. The van der Waals surface area contributed by atoms with Crippen molar-refractivity contribution >= 4 is 0 Å². The molecule has 0 atom stereocenters. The Morgan fingerprint density at radius 3 is 2.25 bits per heavy atom. The molecule has 0 aromatic rings. The van der Waals surface area contributed by atoms with E-state index in [-0.39, 0.29) is 0 Å². The molecule has 0 radical (unpaired) electrons. The van der Waals surface area contributed by atoms with Crippen LogP contribution in [0.1, 0.15) is 0 Å². The Kier molecular flexibility index (Phi) is 2.71. The van der Waals surface area contributed by atoms with Crippen LogP contribution in [0.3, 0.4) is 0 Å². The van der Waals surface area contributed by atoms with Gasteiger partial charge in [0, 0.05) is 0 Å². The van der Waals surface area contributed by atoms with Crippen LogP contribution in [0, 0.1) is 0 Å². The van der Waals surface area contributed by atoms with Crippen molar-refractivity contribution in [3.63, 3.8) is 0 Å². The first-order chi connectivity index (χ1) is 1.91. The summed E-state index contributed by atoms with van der Waals surface area (Å²) in [6.45, 7) is 0. The predicted molar refractivity (Wildman–Crippen MR) is 9.15 cm³/mol. The summed E-state index contributed by atoms with van der Waals surface area (Å²) in [5.41, 5.74) is 7.27. The molecule has 0 fully saturated rings. The molecule has 0 N–H and O–H groups in total. The first-order valence-electron chi connectivity index (χ1n) is 0.558. The van der Waals surface area contributed by atoms with Gasteiger partial charge in [-0.3, -0.25) is 0 Å². The van der Waals surface area contributed by atoms with E-state index in [1.54, 1.807) is 0 Å². The third kappa shape index (κ3) is 1.83. The molecule has 23 valence electrons. The molecule has 0 amide bonds. The average molecular weight is 97.9 g/mol. The molecular formula is FeN3. The fourth-order valence-corrected chi connectivity index (χ4v) is 0. The van der Waals surface area contributed by atoms with Crippen molar-refractivity contribution in [3.05, 3.63) is 10.4 Å². The quantitative estimate of drug-likeness (QED) is 0.186. The van der Waals surface area contributed by atoms with Gasteiger partial charge in [0.25, 0.3) is 0 Å². The van der Waals surface area contributed by atoms with Crippen LogP contribution in [0.2, 0.25) is 0 Å². The molecule has 4 heavy (non-hydrogen) atoms. The molecule has 0 unspecified atom stereocenters. The van der Waals surface area contributed by atoms with Crippen molar-refractivity contribution in [1.29, 1.82) is 0 Å². The topological polar surface area (TPSA) is 48.8 Å². The summed E-state index contributed by atoms with van der Waals surface area (Å²) in [5, 5.41) is 0. The number of rotatable bonds is 0. The molecule has 3 nitrogen and oxygen atoms in total. The van der Waals surface area contributed by atoms with E-state index in [1.807, 2.05) is 0 Å². The van der Waals surface area contributed by atoms with E-state index < -0.39 is 0 Å². The van der Waals surface area contributed by atoms with E-state index in [4.69, 9.17) is 5.53 Å². The summed E-state index contributed by atoms with van der Waals surface area (Å²) in [7, 11) is 0. The normalized spacial score (nSPS) is 4.25. The average Bonchev–Trinajstić information content (AvgIpc) is 1.37. The summed E-state index contributed by atoms with van der Waals surface area (Å²) < 4.78 is 2.67. The predicted octanol–water partition coefficient (Wildman–Crippen LogP) is 0.759. The van der Waals surface area contributed by atoms with Crippen molar-refractivity contribution in [1.82, 2.24) is 0 Å². The summed E-state index contributed by atoms with van der Waals surface area (Å²) in [4.78, 5) is 2.25. The molecule has 0 rings (SSSR count). The molecule has 0 spiro atoms. The zero-order chi connectivity index (χ0) is 3.41. The first-order valence-corrected chi connectivity index (χ1v) is 1.05. The van der Waals surface area contributed by atoms with Gasteiger partial charge in [-0.05, 0) is 0 Å². The molecule has 0 aliphatic rings. The van der Waals surface area contributed by atoms with E-state index in [9.17, 15) is 0 Å². The SMILES string of the molecule is [N-]=[N+]=[N][Fe]. The molecule has 0 aromatic carbocycles. The first kappa shape index (κ1) is 3.83. The number of hydrogen-bond acceptors (Lipinski definition) is 1. The van der Waals surface area contributed by atoms with E-state index in [2.05, 4.69) is 25.3 Å². The van der Waals surface area contributed by atoms with Crippen LogP contribution in [0.25, 0.3) is 10.4 Å².